The number of hydrogen-bond acceptors (Lipinski definition) is 7. The van der Waals surface area contributed by atoms with Gasteiger partial charge in [0.15, 0.2) is 0 Å². The number of carbonyl (C=O) groups excluding carboxylic acids is 1. The Hall–Kier alpha value is -1.77. The Labute approximate surface area is 223 Å². The van der Waals surface area contributed by atoms with Gasteiger partial charge in [-0.25, -0.2) is 4.79 Å². The summed E-state index contributed by atoms with van der Waals surface area (Å²) >= 11 is 0. The highest BCUT2D eigenvalue weighted by molar-refractivity contribution is 5.82. The van der Waals surface area contributed by atoms with Gasteiger partial charge >= 0.3 is 5.97 Å². The second kappa shape index (κ2) is 17.7. The maximum Gasteiger partial charge on any atom is 0.331 e. The summed E-state index contributed by atoms with van der Waals surface area (Å²) in [5.41, 5.74) is 6.13. The van der Waals surface area contributed by atoms with Gasteiger partial charge in [0.1, 0.15) is 6.10 Å². The minimum Gasteiger partial charge on any atom is -0.458 e. The largest absolute Gasteiger partial charge is 0.458 e. The number of allylic oxidation sites excluding steroid dienone is 3. The number of hydrogen-bond donors (Lipinski definition) is 5. The fraction of sp³-hybridized carbons (Fsp3) is 0.700. The van der Waals surface area contributed by atoms with Crippen LogP contribution in [-0.2, 0) is 9.53 Å². The van der Waals surface area contributed by atoms with Crippen LogP contribution in [0.4, 0.5) is 0 Å². The van der Waals surface area contributed by atoms with E-state index in [2.05, 4.69) is 0 Å². The van der Waals surface area contributed by atoms with Crippen molar-refractivity contribution in [2.24, 2.45) is 29.4 Å². The molecule has 1 aliphatic rings. The fourth-order valence-electron chi connectivity index (χ4n) is 4.59. The molecule has 212 valence electrons. The minimum atomic E-state index is -0.896. The molecule has 10 atom stereocenters. The zero-order chi connectivity index (χ0) is 28.0. The Morgan fingerprint density at radius 2 is 1.70 bits per heavy atom. The summed E-state index contributed by atoms with van der Waals surface area (Å²) < 4.78 is 5.80. The third-order valence-electron chi connectivity index (χ3n) is 7.36. The van der Waals surface area contributed by atoms with Gasteiger partial charge in [0.05, 0.1) is 24.4 Å². The van der Waals surface area contributed by atoms with E-state index in [1.807, 2.05) is 46.8 Å². The van der Waals surface area contributed by atoms with Crippen molar-refractivity contribution in [2.45, 2.75) is 110 Å². The van der Waals surface area contributed by atoms with E-state index in [9.17, 15) is 25.2 Å². The van der Waals surface area contributed by atoms with Crippen LogP contribution in [0.2, 0.25) is 0 Å². The van der Waals surface area contributed by atoms with Crippen molar-refractivity contribution in [2.75, 3.05) is 0 Å². The molecule has 0 aromatic carbocycles. The van der Waals surface area contributed by atoms with Crippen LogP contribution in [0.1, 0.15) is 73.1 Å². The topological polar surface area (TPSA) is 133 Å². The van der Waals surface area contributed by atoms with Crippen molar-refractivity contribution < 1.29 is 30.0 Å². The quantitative estimate of drug-likeness (QED) is 0.282. The molecule has 1 aliphatic heterocycles. The molecular weight excluding hydrogens is 470 g/mol. The van der Waals surface area contributed by atoms with Crippen LogP contribution in [0.3, 0.4) is 0 Å². The third-order valence-corrected chi connectivity index (χ3v) is 7.36. The van der Waals surface area contributed by atoms with Crippen LogP contribution < -0.4 is 5.73 Å². The van der Waals surface area contributed by atoms with E-state index in [0.717, 1.165) is 25.7 Å². The first kappa shape index (κ1) is 33.3. The van der Waals surface area contributed by atoms with Gasteiger partial charge < -0.3 is 30.9 Å². The molecule has 1 heterocycles. The molecule has 0 aromatic heterocycles. The SMILES string of the molecule is CC/C=C\[C@H](C)[C@@H]1OC(=O)/C=C\C=C\C(C)C(O)C[C@H](O)/C=C\C(N)[C@H](O)[C@@H](C)CCCCC(O)C1C. The lowest BCUT2D eigenvalue weighted by molar-refractivity contribution is -0.150. The van der Waals surface area contributed by atoms with Crippen molar-refractivity contribution in [1.29, 1.82) is 0 Å². The van der Waals surface area contributed by atoms with Gasteiger partial charge in [-0.3, -0.25) is 0 Å². The highest BCUT2D eigenvalue weighted by Crippen LogP contribution is 2.26. The molecular formula is C30H51NO6. The highest BCUT2D eigenvalue weighted by Gasteiger charge is 2.30. The van der Waals surface area contributed by atoms with Gasteiger partial charge in [0, 0.05) is 36.3 Å². The van der Waals surface area contributed by atoms with Gasteiger partial charge in [-0.2, -0.15) is 0 Å². The molecule has 0 spiro atoms. The summed E-state index contributed by atoms with van der Waals surface area (Å²) in [4.78, 5) is 12.6. The van der Waals surface area contributed by atoms with E-state index in [1.165, 1.54) is 12.2 Å². The first-order valence-corrected chi connectivity index (χ1v) is 13.9. The molecule has 0 fully saturated rings. The summed E-state index contributed by atoms with van der Waals surface area (Å²) in [6, 6.07) is -0.624. The number of cyclic esters (lactones) is 1. The Bertz CT molecular complexity index is 763. The number of aliphatic hydroxyl groups is 4. The van der Waals surface area contributed by atoms with Crippen molar-refractivity contribution in [3.05, 3.63) is 48.6 Å². The van der Waals surface area contributed by atoms with E-state index >= 15 is 0 Å². The Kier molecular flexibility index (Phi) is 15.9. The van der Waals surface area contributed by atoms with Gasteiger partial charge in [0.2, 0.25) is 0 Å². The summed E-state index contributed by atoms with van der Waals surface area (Å²) in [7, 11) is 0. The van der Waals surface area contributed by atoms with E-state index in [0.29, 0.717) is 6.42 Å². The first-order chi connectivity index (χ1) is 17.5. The predicted molar refractivity (Wildman–Crippen MR) is 148 cm³/mol. The van der Waals surface area contributed by atoms with Gasteiger partial charge in [-0.15, -0.1) is 0 Å². The Morgan fingerprint density at radius 1 is 1.03 bits per heavy atom. The lowest BCUT2D eigenvalue weighted by Crippen LogP contribution is -2.38. The molecule has 0 radical (unpaired) electrons. The predicted octanol–water partition coefficient (Wildman–Crippen LogP) is 3.81. The maximum absolute atomic E-state index is 12.6. The number of aliphatic hydroxyl groups excluding tert-OH is 4. The molecule has 0 bridgehead atoms. The zero-order valence-electron chi connectivity index (χ0n) is 23.3. The van der Waals surface area contributed by atoms with Crippen LogP contribution in [0, 0.1) is 23.7 Å². The van der Waals surface area contributed by atoms with Crippen LogP contribution in [-0.4, -0.2) is 63.0 Å². The van der Waals surface area contributed by atoms with Crippen LogP contribution >= 0.6 is 0 Å². The number of esters is 1. The van der Waals surface area contributed by atoms with E-state index in [1.54, 1.807) is 24.3 Å². The fourth-order valence-corrected chi connectivity index (χ4v) is 4.59. The summed E-state index contributed by atoms with van der Waals surface area (Å²) in [6.45, 7) is 9.70. The van der Waals surface area contributed by atoms with Crippen molar-refractivity contribution >= 4 is 5.97 Å². The van der Waals surface area contributed by atoms with Crippen molar-refractivity contribution in [1.82, 2.24) is 0 Å². The number of rotatable bonds is 3. The van der Waals surface area contributed by atoms with Crippen molar-refractivity contribution in [3.8, 4) is 0 Å². The standard InChI is InChI=1S/C30H51NO6/c1-6-7-12-22(4)30-23(5)26(33)15-10-8-14-21(3)29(36)25(31)18-17-24(32)19-27(34)20(2)13-9-11-16-28(35)37-30/h7,9,11-13,16-18,20-27,29-30,32-34,36H,6,8,10,14-15,19,31H2,1-5H3/b12-7-,13-9+,16-11-,18-17-/t20?,21-,22-,23?,24+,25?,26?,27?,29+,30-/m0/s1. The summed E-state index contributed by atoms with van der Waals surface area (Å²) in [5.74, 6) is -1.12. The number of carbonyl (C=O) groups is 1. The Morgan fingerprint density at radius 3 is 2.38 bits per heavy atom. The third kappa shape index (κ3) is 12.5. The smallest absolute Gasteiger partial charge is 0.331 e. The summed E-state index contributed by atoms with van der Waals surface area (Å²) in [5, 5.41) is 42.2. The molecule has 7 nitrogen and oxygen atoms in total. The highest BCUT2D eigenvalue weighted by atomic mass is 16.5. The molecule has 0 amide bonds. The minimum absolute atomic E-state index is 0.0559. The van der Waals surface area contributed by atoms with Gasteiger partial charge in [-0.05, 0) is 25.2 Å². The van der Waals surface area contributed by atoms with E-state index in [4.69, 9.17) is 10.5 Å². The molecule has 0 aliphatic carbocycles. The molecule has 5 unspecified atom stereocenters. The van der Waals surface area contributed by atoms with Gasteiger partial charge in [0.25, 0.3) is 0 Å². The normalized spacial score (nSPS) is 39.6. The lowest BCUT2D eigenvalue weighted by Gasteiger charge is -2.31. The molecule has 0 saturated heterocycles. The molecule has 0 aromatic rings. The van der Waals surface area contributed by atoms with E-state index < -0.39 is 42.5 Å². The average molecular weight is 522 g/mol. The average Bonchev–Trinajstić information content (AvgIpc) is 2.87. The number of ether oxygens (including phenoxy) is 1. The van der Waals surface area contributed by atoms with Crippen molar-refractivity contribution in [3.63, 3.8) is 0 Å². The first-order valence-electron chi connectivity index (χ1n) is 13.9. The molecule has 37 heavy (non-hydrogen) atoms. The van der Waals surface area contributed by atoms with Crippen LogP contribution in [0.5, 0.6) is 0 Å². The zero-order valence-corrected chi connectivity index (χ0v) is 23.3. The summed E-state index contributed by atoms with van der Waals surface area (Å²) in [6.07, 6.45) is 13.8. The lowest BCUT2D eigenvalue weighted by atomic mass is 9.86. The molecule has 7 heteroatoms. The molecule has 0 saturated carbocycles. The second-order valence-electron chi connectivity index (χ2n) is 10.7. The van der Waals surface area contributed by atoms with Crippen LogP contribution in [0.25, 0.3) is 0 Å². The van der Waals surface area contributed by atoms with Crippen LogP contribution in [0.15, 0.2) is 48.6 Å². The maximum atomic E-state index is 12.6. The second-order valence-corrected chi connectivity index (χ2v) is 10.7. The van der Waals surface area contributed by atoms with Gasteiger partial charge in [-0.1, -0.05) is 90.0 Å². The Balaban J connectivity index is 3.09. The molecule has 1 rings (SSSR count). The number of nitrogens with two attached hydrogens (primary N) is 1. The molecule has 6 N–H and O–H groups in total. The van der Waals surface area contributed by atoms with E-state index in [-0.39, 0.29) is 30.1 Å². The monoisotopic (exact) mass is 521 g/mol.